The molecule has 0 spiro atoms. The monoisotopic (exact) mass is 332 g/mol. The molecule has 3 rings (SSSR count). The van der Waals surface area contributed by atoms with Gasteiger partial charge in [0.1, 0.15) is 11.5 Å². The second-order valence-electron chi connectivity index (χ2n) is 5.92. The van der Waals surface area contributed by atoms with Crippen molar-refractivity contribution < 1.29 is 13.9 Å². The van der Waals surface area contributed by atoms with E-state index < -0.39 is 0 Å². The summed E-state index contributed by atoms with van der Waals surface area (Å²) in [6.07, 6.45) is 2.94. The van der Waals surface area contributed by atoms with Crippen molar-refractivity contribution in [1.29, 1.82) is 0 Å². The maximum Gasteiger partial charge on any atom is 0.227 e. The van der Waals surface area contributed by atoms with Gasteiger partial charge < -0.3 is 9.64 Å². The maximum absolute atomic E-state index is 13.2. The van der Waals surface area contributed by atoms with Crippen LogP contribution in [0.25, 0.3) is 0 Å². The number of carbonyl (C=O) groups is 1. The van der Waals surface area contributed by atoms with E-state index in [-0.39, 0.29) is 24.2 Å². The number of likely N-dealkylation sites (tertiary alicyclic amines) is 1. The van der Waals surface area contributed by atoms with E-state index in [0.29, 0.717) is 31.9 Å². The summed E-state index contributed by atoms with van der Waals surface area (Å²) in [6, 6.07) is 6.31. The Bertz CT molecular complexity index is 703. The van der Waals surface area contributed by atoms with E-state index in [2.05, 4.69) is 10.3 Å². The molecule has 1 saturated heterocycles. The first-order valence-electron chi connectivity index (χ1n) is 8.16. The number of carbonyl (C=O) groups excluding carboxylic acids is 1. The normalized spacial score (nSPS) is 17.4. The molecule has 1 aliphatic rings. The third kappa shape index (κ3) is 3.97. The number of rotatable bonds is 6. The minimum absolute atomic E-state index is 0.0118. The first-order chi connectivity index (χ1) is 11.7. The molecular weight excluding hydrogens is 311 g/mol. The van der Waals surface area contributed by atoms with E-state index >= 15 is 0 Å². The number of halogens is 1. The Kier molecular flexibility index (Phi) is 5.20. The summed E-state index contributed by atoms with van der Waals surface area (Å²) >= 11 is 0. The molecule has 1 unspecified atom stereocenters. The topological polar surface area (TPSA) is 60.2 Å². The van der Waals surface area contributed by atoms with Gasteiger partial charge in [0.2, 0.25) is 5.91 Å². The Morgan fingerprint density at radius 3 is 3.12 bits per heavy atom. The Morgan fingerprint density at radius 2 is 2.33 bits per heavy atom. The highest BCUT2D eigenvalue weighted by Crippen LogP contribution is 2.22. The molecule has 0 N–H and O–H groups in total. The SMILES string of the molecule is CCOCc1cn(C2CCN(C(=O)Cc3cccc(F)c3)C2)nn1. The number of ether oxygens (including phenoxy) is 1. The lowest BCUT2D eigenvalue weighted by atomic mass is 10.1. The molecule has 128 valence electrons. The standard InChI is InChI=1S/C17H21FN4O2/c1-2-24-12-15-10-22(20-19-15)16-6-7-21(11-16)17(23)9-13-4-3-5-14(18)8-13/h3-5,8,10,16H,2,6-7,9,11-12H2,1H3. The lowest BCUT2D eigenvalue weighted by Gasteiger charge is -2.16. The Morgan fingerprint density at radius 1 is 1.46 bits per heavy atom. The van der Waals surface area contributed by atoms with Crippen LogP contribution in [0.15, 0.2) is 30.5 Å². The van der Waals surface area contributed by atoms with Crippen LogP contribution < -0.4 is 0 Å². The van der Waals surface area contributed by atoms with Gasteiger partial charge >= 0.3 is 0 Å². The third-order valence-corrected chi connectivity index (χ3v) is 4.15. The van der Waals surface area contributed by atoms with Crippen molar-refractivity contribution in [2.24, 2.45) is 0 Å². The molecule has 1 amide bonds. The molecule has 2 aromatic rings. The summed E-state index contributed by atoms with van der Waals surface area (Å²) in [5.41, 5.74) is 1.49. The fourth-order valence-corrected chi connectivity index (χ4v) is 2.88. The van der Waals surface area contributed by atoms with Crippen LogP contribution in [0.5, 0.6) is 0 Å². The highest BCUT2D eigenvalue weighted by Gasteiger charge is 2.28. The molecule has 1 aromatic carbocycles. The van der Waals surface area contributed by atoms with Gasteiger partial charge in [0.15, 0.2) is 0 Å². The van der Waals surface area contributed by atoms with Gasteiger partial charge in [-0.15, -0.1) is 5.10 Å². The van der Waals surface area contributed by atoms with Crippen LogP contribution in [0.3, 0.4) is 0 Å². The third-order valence-electron chi connectivity index (χ3n) is 4.15. The molecule has 1 aromatic heterocycles. The Labute approximate surface area is 140 Å². The van der Waals surface area contributed by atoms with Crippen LogP contribution in [-0.4, -0.2) is 45.5 Å². The average molecular weight is 332 g/mol. The van der Waals surface area contributed by atoms with Gasteiger partial charge in [0, 0.05) is 19.7 Å². The molecule has 2 heterocycles. The molecule has 1 atom stereocenters. The lowest BCUT2D eigenvalue weighted by Crippen LogP contribution is -2.30. The van der Waals surface area contributed by atoms with Crippen LogP contribution in [-0.2, 0) is 22.6 Å². The largest absolute Gasteiger partial charge is 0.375 e. The highest BCUT2D eigenvalue weighted by molar-refractivity contribution is 5.79. The maximum atomic E-state index is 13.2. The zero-order valence-corrected chi connectivity index (χ0v) is 13.7. The number of hydrogen-bond acceptors (Lipinski definition) is 4. The molecule has 1 fully saturated rings. The van der Waals surface area contributed by atoms with Gasteiger partial charge in [-0.2, -0.15) is 0 Å². The summed E-state index contributed by atoms with van der Waals surface area (Å²) in [5.74, 6) is -0.304. The zero-order chi connectivity index (χ0) is 16.9. The number of benzene rings is 1. The predicted molar refractivity (Wildman–Crippen MR) is 85.7 cm³/mol. The molecule has 1 aliphatic heterocycles. The number of hydrogen-bond donors (Lipinski definition) is 0. The molecule has 0 saturated carbocycles. The van der Waals surface area contributed by atoms with E-state index in [4.69, 9.17) is 4.74 Å². The molecule has 0 radical (unpaired) electrons. The molecular formula is C17H21FN4O2. The summed E-state index contributed by atoms with van der Waals surface area (Å²) in [7, 11) is 0. The molecule has 6 nitrogen and oxygen atoms in total. The van der Waals surface area contributed by atoms with E-state index in [1.54, 1.807) is 17.0 Å². The van der Waals surface area contributed by atoms with E-state index in [9.17, 15) is 9.18 Å². The Hall–Kier alpha value is -2.28. The molecule has 24 heavy (non-hydrogen) atoms. The first-order valence-corrected chi connectivity index (χ1v) is 8.16. The van der Waals surface area contributed by atoms with Crippen molar-refractivity contribution in [2.75, 3.05) is 19.7 Å². The van der Waals surface area contributed by atoms with Gasteiger partial charge in [-0.25, -0.2) is 9.07 Å². The molecule has 0 bridgehead atoms. The minimum atomic E-state index is -0.316. The van der Waals surface area contributed by atoms with Gasteiger partial charge in [-0.1, -0.05) is 17.3 Å². The van der Waals surface area contributed by atoms with Crippen LogP contribution in [0, 0.1) is 5.82 Å². The second kappa shape index (κ2) is 7.53. The first kappa shape index (κ1) is 16.6. The van der Waals surface area contributed by atoms with Crippen molar-refractivity contribution in [1.82, 2.24) is 19.9 Å². The number of aromatic nitrogens is 3. The van der Waals surface area contributed by atoms with Crippen molar-refractivity contribution in [3.8, 4) is 0 Å². The molecule has 0 aliphatic carbocycles. The summed E-state index contributed by atoms with van der Waals surface area (Å²) < 4.78 is 20.3. The van der Waals surface area contributed by atoms with Crippen molar-refractivity contribution in [2.45, 2.75) is 32.4 Å². The highest BCUT2D eigenvalue weighted by atomic mass is 19.1. The number of nitrogens with zero attached hydrogens (tertiary/aromatic N) is 4. The number of amides is 1. The van der Waals surface area contributed by atoms with Gasteiger partial charge in [-0.05, 0) is 31.0 Å². The van der Waals surface area contributed by atoms with E-state index in [0.717, 1.165) is 12.1 Å². The van der Waals surface area contributed by atoms with Crippen LogP contribution in [0.2, 0.25) is 0 Å². The van der Waals surface area contributed by atoms with Crippen molar-refractivity contribution >= 4 is 5.91 Å². The second-order valence-corrected chi connectivity index (χ2v) is 5.92. The van der Waals surface area contributed by atoms with Crippen LogP contribution >= 0.6 is 0 Å². The van der Waals surface area contributed by atoms with E-state index in [1.165, 1.54) is 12.1 Å². The fraction of sp³-hybridized carbons (Fsp3) is 0.471. The van der Waals surface area contributed by atoms with Crippen molar-refractivity contribution in [3.05, 3.63) is 47.5 Å². The van der Waals surface area contributed by atoms with Crippen molar-refractivity contribution in [3.63, 3.8) is 0 Å². The fourth-order valence-electron chi connectivity index (χ4n) is 2.88. The summed E-state index contributed by atoms with van der Waals surface area (Å²) in [4.78, 5) is 14.2. The predicted octanol–water partition coefficient (Wildman–Crippen LogP) is 1.97. The minimum Gasteiger partial charge on any atom is -0.375 e. The van der Waals surface area contributed by atoms with Crippen LogP contribution in [0.1, 0.15) is 30.6 Å². The quantitative estimate of drug-likeness (QED) is 0.811. The summed E-state index contributed by atoms with van der Waals surface area (Å²) in [6.45, 7) is 4.30. The molecule has 7 heteroatoms. The van der Waals surface area contributed by atoms with Gasteiger partial charge in [0.25, 0.3) is 0 Å². The lowest BCUT2D eigenvalue weighted by molar-refractivity contribution is -0.129. The van der Waals surface area contributed by atoms with E-state index in [1.807, 2.05) is 17.8 Å². The van der Waals surface area contributed by atoms with Gasteiger partial charge in [0.05, 0.1) is 25.3 Å². The Balaban J connectivity index is 1.56. The van der Waals surface area contributed by atoms with Crippen LogP contribution in [0.4, 0.5) is 4.39 Å². The zero-order valence-electron chi connectivity index (χ0n) is 13.7. The smallest absolute Gasteiger partial charge is 0.227 e. The average Bonchev–Trinajstić information content (AvgIpc) is 3.22. The van der Waals surface area contributed by atoms with Gasteiger partial charge in [-0.3, -0.25) is 4.79 Å². The summed E-state index contributed by atoms with van der Waals surface area (Å²) in [5, 5.41) is 8.23.